The molecule has 2 N–H and O–H groups in total. The molecule has 1 atom stereocenters. The SMILES string of the molecule is CCOC(=O)C(C)c1ccc(NC(=O)CC)c(O)c1. The van der Waals surface area contributed by atoms with Crippen molar-refractivity contribution in [3.8, 4) is 5.75 Å². The summed E-state index contributed by atoms with van der Waals surface area (Å²) in [5.41, 5.74) is 0.983. The van der Waals surface area contributed by atoms with Crippen LogP contribution in [0, 0.1) is 0 Å². The van der Waals surface area contributed by atoms with Crippen LogP contribution in [0.5, 0.6) is 5.75 Å². The van der Waals surface area contributed by atoms with E-state index in [0.717, 1.165) is 0 Å². The number of carbonyl (C=O) groups is 2. The molecular weight excluding hydrogens is 246 g/mol. The predicted molar refractivity (Wildman–Crippen MR) is 72.1 cm³/mol. The van der Waals surface area contributed by atoms with E-state index in [0.29, 0.717) is 24.3 Å². The van der Waals surface area contributed by atoms with Gasteiger partial charge in [-0.3, -0.25) is 9.59 Å². The van der Waals surface area contributed by atoms with Crippen LogP contribution >= 0.6 is 0 Å². The number of amides is 1. The second kappa shape index (κ2) is 6.78. The number of rotatable bonds is 5. The number of hydrogen-bond donors (Lipinski definition) is 2. The minimum absolute atomic E-state index is 0.0598. The van der Waals surface area contributed by atoms with Gasteiger partial charge >= 0.3 is 5.97 Å². The molecule has 5 heteroatoms. The first-order chi connectivity index (χ1) is 8.99. The predicted octanol–water partition coefficient (Wildman–Crippen LogP) is 2.41. The number of anilines is 1. The number of nitrogens with one attached hydrogen (secondary N) is 1. The van der Waals surface area contributed by atoms with Crippen molar-refractivity contribution in [3.63, 3.8) is 0 Å². The fourth-order valence-electron chi connectivity index (χ4n) is 1.57. The van der Waals surface area contributed by atoms with Gasteiger partial charge < -0.3 is 15.2 Å². The molecule has 1 rings (SSSR count). The second-order valence-corrected chi connectivity index (χ2v) is 4.15. The quantitative estimate of drug-likeness (QED) is 0.633. The maximum absolute atomic E-state index is 11.6. The van der Waals surface area contributed by atoms with E-state index in [1.165, 1.54) is 6.07 Å². The number of aromatic hydroxyl groups is 1. The number of ether oxygens (including phenoxy) is 1. The summed E-state index contributed by atoms with van der Waals surface area (Å²) in [5.74, 6) is -1.04. The first kappa shape index (κ1) is 15.0. The third-order valence-corrected chi connectivity index (χ3v) is 2.76. The van der Waals surface area contributed by atoms with Gasteiger partial charge in [0, 0.05) is 6.42 Å². The highest BCUT2D eigenvalue weighted by atomic mass is 16.5. The smallest absolute Gasteiger partial charge is 0.313 e. The van der Waals surface area contributed by atoms with Crippen LogP contribution in [0.25, 0.3) is 0 Å². The molecule has 1 amide bonds. The average Bonchev–Trinajstić information content (AvgIpc) is 2.40. The molecule has 0 saturated carbocycles. The van der Waals surface area contributed by atoms with Gasteiger partial charge in [-0.15, -0.1) is 0 Å². The van der Waals surface area contributed by atoms with E-state index < -0.39 is 5.92 Å². The van der Waals surface area contributed by atoms with Crippen molar-refractivity contribution >= 4 is 17.6 Å². The number of benzene rings is 1. The number of phenols is 1. The molecule has 0 radical (unpaired) electrons. The maximum Gasteiger partial charge on any atom is 0.313 e. The van der Waals surface area contributed by atoms with Crippen molar-refractivity contribution in [3.05, 3.63) is 23.8 Å². The molecular formula is C14H19NO4. The van der Waals surface area contributed by atoms with Crippen molar-refractivity contribution in [1.29, 1.82) is 0 Å². The summed E-state index contributed by atoms with van der Waals surface area (Å²) < 4.78 is 4.92. The summed E-state index contributed by atoms with van der Waals surface area (Å²) in [6.07, 6.45) is 0.334. The molecule has 1 aromatic carbocycles. The molecule has 0 saturated heterocycles. The van der Waals surface area contributed by atoms with E-state index >= 15 is 0 Å². The third-order valence-electron chi connectivity index (χ3n) is 2.76. The largest absolute Gasteiger partial charge is 0.506 e. The molecule has 0 bridgehead atoms. The highest BCUT2D eigenvalue weighted by Crippen LogP contribution is 2.28. The van der Waals surface area contributed by atoms with Crippen LogP contribution in [0.3, 0.4) is 0 Å². The zero-order valence-corrected chi connectivity index (χ0v) is 11.4. The number of carbonyl (C=O) groups excluding carboxylic acids is 2. The number of hydrogen-bond acceptors (Lipinski definition) is 4. The molecule has 0 spiro atoms. The lowest BCUT2D eigenvalue weighted by atomic mass is 10.0. The fourth-order valence-corrected chi connectivity index (χ4v) is 1.57. The Hall–Kier alpha value is -2.04. The zero-order chi connectivity index (χ0) is 14.4. The molecule has 0 aliphatic rings. The van der Waals surface area contributed by atoms with Crippen LogP contribution in [0.4, 0.5) is 5.69 Å². The van der Waals surface area contributed by atoms with E-state index in [2.05, 4.69) is 5.32 Å². The van der Waals surface area contributed by atoms with Crippen molar-refractivity contribution in [2.24, 2.45) is 0 Å². The molecule has 1 aromatic rings. The Kier molecular flexibility index (Phi) is 5.36. The number of phenolic OH excluding ortho intramolecular Hbond substituents is 1. The van der Waals surface area contributed by atoms with E-state index in [1.54, 1.807) is 32.9 Å². The summed E-state index contributed by atoms with van der Waals surface area (Å²) in [6.45, 7) is 5.49. The van der Waals surface area contributed by atoms with Crippen LogP contribution in [0.15, 0.2) is 18.2 Å². The van der Waals surface area contributed by atoms with Gasteiger partial charge in [-0.2, -0.15) is 0 Å². The van der Waals surface area contributed by atoms with Crippen LogP contribution in [-0.4, -0.2) is 23.6 Å². The molecule has 5 nitrogen and oxygen atoms in total. The molecule has 0 fully saturated rings. The average molecular weight is 265 g/mol. The lowest BCUT2D eigenvalue weighted by Crippen LogP contribution is -2.13. The van der Waals surface area contributed by atoms with Crippen LogP contribution in [-0.2, 0) is 14.3 Å². The zero-order valence-electron chi connectivity index (χ0n) is 11.4. The van der Waals surface area contributed by atoms with Crippen LogP contribution < -0.4 is 5.32 Å². The third kappa shape index (κ3) is 3.98. The van der Waals surface area contributed by atoms with Gasteiger partial charge in [0.2, 0.25) is 5.91 Å². The molecule has 104 valence electrons. The van der Waals surface area contributed by atoms with Crippen LogP contribution in [0.2, 0.25) is 0 Å². The highest BCUT2D eigenvalue weighted by molar-refractivity contribution is 5.92. The monoisotopic (exact) mass is 265 g/mol. The fraction of sp³-hybridized carbons (Fsp3) is 0.429. The maximum atomic E-state index is 11.6. The van der Waals surface area contributed by atoms with Crippen molar-refractivity contribution in [1.82, 2.24) is 0 Å². The Morgan fingerprint density at radius 2 is 2.05 bits per heavy atom. The minimum Gasteiger partial charge on any atom is -0.506 e. The lowest BCUT2D eigenvalue weighted by molar-refractivity contribution is -0.144. The Balaban J connectivity index is 2.87. The molecule has 0 heterocycles. The second-order valence-electron chi connectivity index (χ2n) is 4.15. The Bertz CT molecular complexity index is 471. The molecule has 0 aliphatic carbocycles. The Morgan fingerprint density at radius 1 is 1.37 bits per heavy atom. The Morgan fingerprint density at radius 3 is 2.58 bits per heavy atom. The van der Waals surface area contributed by atoms with E-state index in [1.807, 2.05) is 0 Å². The number of esters is 1. The summed E-state index contributed by atoms with van der Waals surface area (Å²) in [5, 5.41) is 12.4. The standard InChI is InChI=1S/C14H19NO4/c1-4-13(17)15-11-7-6-10(8-12(11)16)9(3)14(18)19-5-2/h6-9,16H,4-5H2,1-3H3,(H,15,17). The van der Waals surface area contributed by atoms with Gasteiger partial charge in [-0.25, -0.2) is 0 Å². The van der Waals surface area contributed by atoms with Gasteiger partial charge in [-0.1, -0.05) is 13.0 Å². The molecule has 19 heavy (non-hydrogen) atoms. The summed E-state index contributed by atoms with van der Waals surface area (Å²) in [4.78, 5) is 22.8. The van der Waals surface area contributed by atoms with E-state index in [-0.39, 0.29) is 17.6 Å². The Labute approximate surface area is 112 Å². The van der Waals surface area contributed by atoms with Crippen molar-refractivity contribution in [2.45, 2.75) is 33.1 Å². The molecule has 0 aromatic heterocycles. The topological polar surface area (TPSA) is 75.6 Å². The van der Waals surface area contributed by atoms with Crippen LogP contribution in [0.1, 0.15) is 38.7 Å². The summed E-state index contributed by atoms with van der Waals surface area (Å²) in [6, 6.07) is 4.73. The van der Waals surface area contributed by atoms with E-state index in [9.17, 15) is 14.7 Å². The van der Waals surface area contributed by atoms with E-state index in [4.69, 9.17) is 4.74 Å². The highest BCUT2D eigenvalue weighted by Gasteiger charge is 2.17. The van der Waals surface area contributed by atoms with Gasteiger partial charge in [0.15, 0.2) is 0 Å². The van der Waals surface area contributed by atoms with Gasteiger partial charge in [0.25, 0.3) is 0 Å². The molecule has 0 aliphatic heterocycles. The summed E-state index contributed by atoms with van der Waals surface area (Å²) >= 11 is 0. The van der Waals surface area contributed by atoms with Gasteiger partial charge in [-0.05, 0) is 31.5 Å². The van der Waals surface area contributed by atoms with Crippen molar-refractivity contribution < 1.29 is 19.4 Å². The minimum atomic E-state index is -0.457. The van der Waals surface area contributed by atoms with Gasteiger partial charge in [0.1, 0.15) is 5.75 Å². The first-order valence-electron chi connectivity index (χ1n) is 6.29. The van der Waals surface area contributed by atoms with Crippen molar-refractivity contribution in [2.75, 3.05) is 11.9 Å². The molecule has 1 unspecified atom stereocenters. The van der Waals surface area contributed by atoms with Gasteiger partial charge in [0.05, 0.1) is 18.2 Å². The first-order valence-corrected chi connectivity index (χ1v) is 6.29. The normalized spacial score (nSPS) is 11.7. The lowest BCUT2D eigenvalue weighted by Gasteiger charge is -2.13. The summed E-state index contributed by atoms with van der Waals surface area (Å²) in [7, 11) is 0.